The quantitative estimate of drug-likeness (QED) is 0.354. The van der Waals surface area contributed by atoms with Crippen LogP contribution in [-0.2, 0) is 26.6 Å². The first-order valence-electron chi connectivity index (χ1n) is 11.0. The molecule has 0 spiro atoms. The molecule has 2 aliphatic rings. The highest BCUT2D eigenvalue weighted by atomic mass is 35.5. The van der Waals surface area contributed by atoms with Crippen LogP contribution >= 0.6 is 30.7 Å². The number of thiophene rings is 1. The van der Waals surface area contributed by atoms with Crippen molar-refractivity contribution in [3.8, 4) is 11.5 Å². The molecular weight excluding hydrogens is 495 g/mol. The molecule has 1 unspecified atom stereocenters. The van der Waals surface area contributed by atoms with Gasteiger partial charge in [0.15, 0.2) is 11.5 Å². The lowest BCUT2D eigenvalue weighted by atomic mass is 9.88. The van der Waals surface area contributed by atoms with Crippen LogP contribution in [0.5, 0.6) is 11.5 Å². The number of benzene rings is 2. The Bertz CT molecular complexity index is 1310. The monoisotopic (exact) mass is 520 g/mol. The number of halogens is 1. The van der Waals surface area contributed by atoms with Crippen LogP contribution in [0.3, 0.4) is 0 Å². The fourth-order valence-electron chi connectivity index (χ4n) is 4.64. The number of hydrogen-bond acceptors (Lipinski definition) is 6. The Balaban J connectivity index is 1.66. The first-order chi connectivity index (χ1) is 16.4. The Morgan fingerprint density at radius 1 is 1.21 bits per heavy atom. The van der Waals surface area contributed by atoms with Gasteiger partial charge in [-0.05, 0) is 48.1 Å². The van der Waals surface area contributed by atoms with Gasteiger partial charge in [0, 0.05) is 35.6 Å². The third-order valence-corrected chi connectivity index (χ3v) is 9.56. The molecule has 1 aliphatic carbocycles. The van der Waals surface area contributed by atoms with E-state index in [0.717, 1.165) is 44.0 Å². The second-order valence-electron chi connectivity index (χ2n) is 8.50. The minimum atomic E-state index is -3.68. The van der Waals surface area contributed by atoms with Gasteiger partial charge in [-0.15, -0.1) is 11.3 Å². The molecule has 34 heavy (non-hydrogen) atoms. The molecule has 7 nitrogen and oxygen atoms in total. The maximum absolute atomic E-state index is 13.0. The highest BCUT2D eigenvalue weighted by Gasteiger charge is 2.43. The van der Waals surface area contributed by atoms with Crippen molar-refractivity contribution in [1.82, 2.24) is 4.90 Å². The van der Waals surface area contributed by atoms with Crippen LogP contribution in [0.15, 0.2) is 41.2 Å². The van der Waals surface area contributed by atoms with E-state index in [1.807, 2.05) is 24.3 Å². The smallest absolute Gasteiger partial charge is 0.454 e. The van der Waals surface area contributed by atoms with Gasteiger partial charge in [0.2, 0.25) is 0 Å². The predicted molar refractivity (Wildman–Crippen MR) is 135 cm³/mol. The summed E-state index contributed by atoms with van der Waals surface area (Å²) in [5.74, 6) is 1.49. The molecule has 0 saturated heterocycles. The zero-order valence-corrected chi connectivity index (χ0v) is 21.6. The Kier molecular flexibility index (Phi) is 6.38. The minimum Gasteiger partial charge on any atom is -0.504 e. The van der Waals surface area contributed by atoms with E-state index in [1.54, 1.807) is 24.5 Å². The van der Waals surface area contributed by atoms with Crippen LogP contribution in [-0.4, -0.2) is 37.2 Å². The molecule has 1 atom stereocenters. The maximum Gasteiger partial charge on any atom is 0.454 e. The third-order valence-electron chi connectivity index (χ3n) is 6.46. The van der Waals surface area contributed by atoms with Gasteiger partial charge in [-0.3, -0.25) is 9.05 Å². The average molecular weight is 521 g/mol. The summed E-state index contributed by atoms with van der Waals surface area (Å²) in [5, 5.41) is 12.2. The Labute approximate surface area is 207 Å². The maximum atomic E-state index is 13.0. The number of ether oxygens (including phenoxy) is 1. The van der Waals surface area contributed by atoms with Gasteiger partial charge in [0.25, 0.3) is 0 Å². The Morgan fingerprint density at radius 2 is 1.94 bits per heavy atom. The molecule has 180 valence electrons. The zero-order valence-electron chi connectivity index (χ0n) is 19.2. The van der Waals surface area contributed by atoms with Crippen LogP contribution in [0.1, 0.15) is 34.9 Å². The largest absolute Gasteiger partial charge is 0.504 e. The molecule has 5 rings (SSSR count). The highest BCUT2D eigenvalue weighted by Crippen LogP contribution is 2.54. The second kappa shape index (κ2) is 9.17. The molecule has 10 heteroatoms. The fraction of sp³-hybridized carbons (Fsp3) is 0.375. The van der Waals surface area contributed by atoms with Crippen molar-refractivity contribution in [2.75, 3.05) is 21.3 Å². The van der Waals surface area contributed by atoms with Crippen molar-refractivity contribution >= 4 is 46.6 Å². The van der Waals surface area contributed by atoms with E-state index in [2.05, 4.69) is 15.7 Å². The summed E-state index contributed by atoms with van der Waals surface area (Å²) in [4.78, 5) is 3.19. The van der Waals surface area contributed by atoms with Gasteiger partial charge in [0.05, 0.1) is 24.7 Å². The SMILES string of the molecule is COc1cc2c(cc1O)C/C(=N/P(=O)(OC)OC)N(Cc1sc3ccccc3c1Cl)C2C1CC1. The van der Waals surface area contributed by atoms with Crippen molar-refractivity contribution in [1.29, 1.82) is 0 Å². The number of rotatable bonds is 7. The molecule has 1 aromatic heterocycles. The minimum absolute atomic E-state index is 0.0274. The molecule has 1 N–H and O–H groups in total. The van der Waals surface area contributed by atoms with E-state index in [4.69, 9.17) is 25.4 Å². The predicted octanol–water partition coefficient (Wildman–Crippen LogP) is 6.58. The number of phenolic OH excluding ortho intramolecular Hbond substituents is 1. The van der Waals surface area contributed by atoms with E-state index >= 15 is 0 Å². The molecule has 1 fully saturated rings. The molecule has 3 aromatic rings. The molecule has 0 bridgehead atoms. The molecule has 2 aromatic carbocycles. The van der Waals surface area contributed by atoms with Crippen LogP contribution in [0, 0.1) is 5.92 Å². The molecule has 2 heterocycles. The van der Waals surface area contributed by atoms with E-state index < -0.39 is 7.75 Å². The van der Waals surface area contributed by atoms with E-state index in [9.17, 15) is 9.67 Å². The highest BCUT2D eigenvalue weighted by molar-refractivity contribution is 7.52. The third kappa shape index (κ3) is 4.23. The van der Waals surface area contributed by atoms with Gasteiger partial charge >= 0.3 is 7.75 Å². The van der Waals surface area contributed by atoms with Crippen molar-refractivity contribution in [3.05, 3.63) is 57.4 Å². The fourth-order valence-corrected chi connectivity index (χ4v) is 6.91. The van der Waals surface area contributed by atoms with Gasteiger partial charge in [-0.25, -0.2) is 4.57 Å². The summed E-state index contributed by atoms with van der Waals surface area (Å²) in [6.45, 7) is 0.508. The number of amidine groups is 1. The van der Waals surface area contributed by atoms with Crippen LogP contribution in [0.4, 0.5) is 0 Å². The van der Waals surface area contributed by atoms with Gasteiger partial charge in [0.1, 0.15) is 5.84 Å². The molecule has 1 saturated carbocycles. The lowest BCUT2D eigenvalue weighted by molar-refractivity contribution is 0.258. The number of aromatic hydroxyl groups is 1. The standard InChI is InChI=1S/C24H26ClN2O5PS/c1-30-19-12-17-15(10-18(19)28)11-22(26-33(29,31-2)32-3)27(24(17)14-8-9-14)13-21-23(25)16-6-4-5-7-20(16)34-21/h4-7,10,12,14,24,28H,8-9,11,13H2,1-3H3/b26-22-. The first-order valence-corrected chi connectivity index (χ1v) is 13.7. The summed E-state index contributed by atoms with van der Waals surface area (Å²) >= 11 is 8.46. The van der Waals surface area contributed by atoms with Crippen LogP contribution in [0.2, 0.25) is 5.02 Å². The number of hydrogen-bond donors (Lipinski definition) is 1. The van der Waals surface area contributed by atoms with Gasteiger partial charge < -0.3 is 14.7 Å². The Hall–Kier alpha value is -2.09. The van der Waals surface area contributed by atoms with Crippen LogP contribution < -0.4 is 4.74 Å². The normalized spacial score (nSPS) is 19.6. The number of methoxy groups -OCH3 is 1. The van der Waals surface area contributed by atoms with Gasteiger partial charge in [-0.1, -0.05) is 29.8 Å². The molecule has 0 amide bonds. The van der Waals surface area contributed by atoms with Crippen molar-refractivity contribution in [2.45, 2.75) is 31.8 Å². The van der Waals surface area contributed by atoms with E-state index in [0.29, 0.717) is 30.5 Å². The number of nitrogens with zero attached hydrogens (tertiary/aromatic N) is 2. The number of fused-ring (bicyclic) bond motifs is 2. The summed E-state index contributed by atoms with van der Waals surface area (Å²) < 4.78 is 34.4. The Morgan fingerprint density at radius 3 is 2.59 bits per heavy atom. The molecular formula is C24H26ClN2O5PS. The molecule has 1 aliphatic heterocycles. The van der Waals surface area contributed by atoms with Gasteiger partial charge in [-0.2, -0.15) is 4.76 Å². The van der Waals surface area contributed by atoms with Crippen molar-refractivity contribution in [3.63, 3.8) is 0 Å². The summed E-state index contributed by atoms with van der Waals surface area (Å²) in [6.07, 6.45) is 2.52. The molecule has 0 radical (unpaired) electrons. The van der Waals surface area contributed by atoms with E-state index in [1.165, 1.54) is 14.2 Å². The van der Waals surface area contributed by atoms with Crippen molar-refractivity contribution < 1.29 is 23.5 Å². The topological polar surface area (TPSA) is 80.6 Å². The van der Waals surface area contributed by atoms with Crippen LogP contribution in [0.25, 0.3) is 10.1 Å². The lowest BCUT2D eigenvalue weighted by Gasteiger charge is -2.40. The second-order valence-corrected chi connectivity index (χ2v) is 11.9. The summed E-state index contributed by atoms with van der Waals surface area (Å²) in [5.41, 5.74) is 2.00. The average Bonchev–Trinajstić information content (AvgIpc) is 3.63. The summed E-state index contributed by atoms with van der Waals surface area (Å²) in [7, 11) is 0.523. The van der Waals surface area contributed by atoms with E-state index in [-0.39, 0.29) is 11.8 Å². The lowest BCUT2D eigenvalue weighted by Crippen LogP contribution is -2.41. The summed E-state index contributed by atoms with van der Waals surface area (Å²) in [6, 6.07) is 11.7. The van der Waals surface area contributed by atoms with Crippen molar-refractivity contribution in [2.24, 2.45) is 10.7 Å². The first kappa shape index (κ1) is 23.6. The zero-order chi connectivity index (χ0) is 24.0. The number of phenols is 1.